The Bertz CT molecular complexity index is 597. The molecule has 0 saturated carbocycles. The molecule has 2 rings (SSSR count). The van der Waals surface area contributed by atoms with Crippen LogP contribution in [0.15, 0.2) is 48.5 Å². The lowest BCUT2D eigenvalue weighted by Gasteiger charge is -2.18. The highest BCUT2D eigenvalue weighted by atomic mass is 19.1. The first-order chi connectivity index (χ1) is 10.1. The van der Waals surface area contributed by atoms with Gasteiger partial charge in [-0.1, -0.05) is 24.3 Å². The number of ether oxygens (including phenoxy) is 1. The quantitative estimate of drug-likeness (QED) is 0.847. The normalized spacial score (nSPS) is 10.2. The van der Waals surface area contributed by atoms with Crippen LogP contribution in [0.3, 0.4) is 0 Å². The van der Waals surface area contributed by atoms with Crippen LogP contribution in [-0.2, 0) is 0 Å². The van der Waals surface area contributed by atoms with Crippen LogP contribution in [0.1, 0.15) is 10.4 Å². The fraction of sp³-hybridized carbons (Fsp3) is 0.188. The molecule has 0 aliphatic carbocycles. The standard InChI is InChI=1S/C16H15F2NO2/c1-19(10-11-21-12-6-3-2-4-7-12)16(20)15-13(17)8-5-9-14(15)18/h2-9H,10-11H2,1H3. The smallest absolute Gasteiger partial charge is 0.259 e. The van der Waals surface area contributed by atoms with E-state index in [1.165, 1.54) is 18.0 Å². The van der Waals surface area contributed by atoms with Crippen molar-refractivity contribution in [3.05, 3.63) is 65.7 Å². The maximum absolute atomic E-state index is 13.5. The van der Waals surface area contributed by atoms with Gasteiger partial charge in [0, 0.05) is 7.05 Å². The Morgan fingerprint density at radius 1 is 1.05 bits per heavy atom. The van der Waals surface area contributed by atoms with Crippen LogP contribution in [0.4, 0.5) is 8.78 Å². The van der Waals surface area contributed by atoms with E-state index in [2.05, 4.69) is 0 Å². The van der Waals surface area contributed by atoms with Gasteiger partial charge in [0.15, 0.2) is 0 Å². The Morgan fingerprint density at radius 3 is 2.29 bits per heavy atom. The van der Waals surface area contributed by atoms with Crippen molar-refractivity contribution in [1.82, 2.24) is 4.90 Å². The molecule has 0 aromatic heterocycles. The van der Waals surface area contributed by atoms with E-state index in [9.17, 15) is 13.6 Å². The number of likely N-dealkylation sites (N-methyl/N-ethyl adjacent to an activating group) is 1. The van der Waals surface area contributed by atoms with Crippen molar-refractivity contribution in [2.45, 2.75) is 0 Å². The number of carbonyl (C=O) groups is 1. The number of carbonyl (C=O) groups excluding carboxylic acids is 1. The van der Waals surface area contributed by atoms with Crippen molar-refractivity contribution >= 4 is 5.91 Å². The van der Waals surface area contributed by atoms with Gasteiger partial charge in [0.25, 0.3) is 5.91 Å². The van der Waals surface area contributed by atoms with E-state index in [1.54, 1.807) is 12.1 Å². The van der Waals surface area contributed by atoms with E-state index < -0.39 is 23.1 Å². The third kappa shape index (κ3) is 3.78. The second kappa shape index (κ2) is 6.83. The molecule has 1 amide bonds. The molecule has 0 radical (unpaired) electrons. The molecule has 0 unspecified atom stereocenters. The van der Waals surface area contributed by atoms with Gasteiger partial charge in [0.1, 0.15) is 29.6 Å². The predicted octanol–water partition coefficient (Wildman–Crippen LogP) is 3.12. The third-order valence-corrected chi connectivity index (χ3v) is 2.96. The predicted molar refractivity (Wildman–Crippen MR) is 75.3 cm³/mol. The first-order valence-corrected chi connectivity index (χ1v) is 6.47. The summed E-state index contributed by atoms with van der Waals surface area (Å²) in [5.41, 5.74) is -0.542. The van der Waals surface area contributed by atoms with Gasteiger partial charge in [-0.3, -0.25) is 4.79 Å². The number of halogens is 2. The van der Waals surface area contributed by atoms with E-state index in [0.717, 1.165) is 12.1 Å². The van der Waals surface area contributed by atoms with Gasteiger partial charge < -0.3 is 9.64 Å². The molecule has 0 N–H and O–H groups in total. The molecule has 0 bridgehead atoms. The first kappa shape index (κ1) is 15.0. The zero-order valence-electron chi connectivity index (χ0n) is 11.6. The molecule has 0 spiro atoms. The molecule has 3 nitrogen and oxygen atoms in total. The minimum Gasteiger partial charge on any atom is -0.492 e. The molecule has 0 aliphatic rings. The largest absolute Gasteiger partial charge is 0.492 e. The monoisotopic (exact) mass is 291 g/mol. The first-order valence-electron chi connectivity index (χ1n) is 6.47. The molecule has 2 aromatic carbocycles. The van der Waals surface area contributed by atoms with Crippen LogP contribution in [0.5, 0.6) is 5.75 Å². The third-order valence-electron chi connectivity index (χ3n) is 2.96. The number of hydrogen-bond acceptors (Lipinski definition) is 2. The van der Waals surface area contributed by atoms with Crippen molar-refractivity contribution in [2.75, 3.05) is 20.2 Å². The van der Waals surface area contributed by atoms with Crippen LogP contribution < -0.4 is 4.74 Å². The maximum atomic E-state index is 13.5. The zero-order chi connectivity index (χ0) is 15.2. The average molecular weight is 291 g/mol. The summed E-state index contributed by atoms with van der Waals surface area (Å²) in [5.74, 6) is -1.76. The Morgan fingerprint density at radius 2 is 1.67 bits per heavy atom. The van der Waals surface area contributed by atoms with Crippen molar-refractivity contribution in [3.63, 3.8) is 0 Å². The summed E-state index contributed by atoms with van der Waals surface area (Å²) in [7, 11) is 1.47. The van der Waals surface area contributed by atoms with Crippen LogP contribution in [0, 0.1) is 11.6 Å². The minimum absolute atomic E-state index is 0.224. The van der Waals surface area contributed by atoms with E-state index in [-0.39, 0.29) is 13.2 Å². The molecular formula is C16H15F2NO2. The van der Waals surface area contributed by atoms with Crippen LogP contribution in [0.2, 0.25) is 0 Å². The summed E-state index contributed by atoms with van der Waals surface area (Å²) in [6.45, 7) is 0.462. The number of benzene rings is 2. The van der Waals surface area contributed by atoms with Gasteiger partial charge in [-0.25, -0.2) is 8.78 Å². The second-order valence-electron chi connectivity index (χ2n) is 4.48. The van der Waals surface area contributed by atoms with Crippen molar-refractivity contribution in [3.8, 4) is 5.75 Å². The van der Waals surface area contributed by atoms with Gasteiger partial charge in [-0.05, 0) is 24.3 Å². The lowest BCUT2D eigenvalue weighted by Crippen LogP contribution is -2.32. The topological polar surface area (TPSA) is 29.5 Å². The van der Waals surface area contributed by atoms with Gasteiger partial charge in [-0.2, -0.15) is 0 Å². The van der Waals surface area contributed by atoms with E-state index >= 15 is 0 Å². The van der Waals surface area contributed by atoms with Gasteiger partial charge in [0.05, 0.1) is 6.54 Å². The Balaban J connectivity index is 1.94. The highest BCUT2D eigenvalue weighted by Gasteiger charge is 2.20. The molecule has 0 saturated heterocycles. The number of amides is 1. The highest BCUT2D eigenvalue weighted by Crippen LogP contribution is 2.14. The summed E-state index contributed by atoms with van der Waals surface area (Å²) < 4.78 is 32.5. The van der Waals surface area contributed by atoms with E-state index in [1.807, 2.05) is 18.2 Å². The van der Waals surface area contributed by atoms with Gasteiger partial charge in [0.2, 0.25) is 0 Å². The van der Waals surface area contributed by atoms with E-state index in [0.29, 0.717) is 5.75 Å². The zero-order valence-corrected chi connectivity index (χ0v) is 11.6. The summed E-state index contributed by atoms with van der Waals surface area (Å²) in [6, 6.07) is 12.5. The molecular weight excluding hydrogens is 276 g/mol. The van der Waals surface area contributed by atoms with Crippen LogP contribution in [-0.4, -0.2) is 31.0 Å². The van der Waals surface area contributed by atoms with Crippen molar-refractivity contribution < 1.29 is 18.3 Å². The Kier molecular flexibility index (Phi) is 4.87. The fourth-order valence-electron chi connectivity index (χ4n) is 1.81. The molecule has 110 valence electrons. The number of rotatable bonds is 5. The van der Waals surface area contributed by atoms with E-state index in [4.69, 9.17) is 4.74 Å². The van der Waals surface area contributed by atoms with Crippen molar-refractivity contribution in [1.29, 1.82) is 0 Å². The molecule has 2 aromatic rings. The summed E-state index contributed by atoms with van der Waals surface area (Å²) >= 11 is 0. The average Bonchev–Trinajstić information content (AvgIpc) is 2.48. The summed E-state index contributed by atoms with van der Waals surface area (Å²) in [5, 5.41) is 0. The van der Waals surface area contributed by atoms with Gasteiger partial charge >= 0.3 is 0 Å². The van der Waals surface area contributed by atoms with Crippen molar-refractivity contribution in [2.24, 2.45) is 0 Å². The second-order valence-corrected chi connectivity index (χ2v) is 4.48. The molecule has 0 aliphatic heterocycles. The summed E-state index contributed by atoms with van der Waals surface area (Å²) in [6.07, 6.45) is 0. The SMILES string of the molecule is CN(CCOc1ccccc1)C(=O)c1c(F)cccc1F. The fourth-order valence-corrected chi connectivity index (χ4v) is 1.81. The Labute approximate surface area is 121 Å². The van der Waals surface area contributed by atoms with Crippen LogP contribution >= 0.6 is 0 Å². The maximum Gasteiger partial charge on any atom is 0.259 e. The molecule has 0 atom stereocenters. The minimum atomic E-state index is -0.865. The summed E-state index contributed by atoms with van der Waals surface area (Å²) in [4.78, 5) is 13.2. The number of nitrogens with zero attached hydrogens (tertiary/aromatic N) is 1. The number of para-hydroxylation sites is 1. The highest BCUT2D eigenvalue weighted by molar-refractivity contribution is 5.94. The lowest BCUT2D eigenvalue weighted by molar-refractivity contribution is 0.0764. The number of hydrogen-bond donors (Lipinski definition) is 0. The van der Waals surface area contributed by atoms with Crippen LogP contribution in [0.25, 0.3) is 0 Å². The molecule has 5 heteroatoms. The Hall–Kier alpha value is -2.43. The molecule has 21 heavy (non-hydrogen) atoms. The van der Waals surface area contributed by atoms with Gasteiger partial charge in [-0.15, -0.1) is 0 Å². The molecule has 0 fully saturated rings. The lowest BCUT2D eigenvalue weighted by atomic mass is 10.1. The molecule has 0 heterocycles.